The van der Waals surface area contributed by atoms with E-state index in [2.05, 4.69) is 10.6 Å². The molecule has 1 radical (unpaired) electrons. The third-order valence-electron chi connectivity index (χ3n) is 1.96. The van der Waals surface area contributed by atoms with Crippen molar-refractivity contribution in [1.82, 2.24) is 15.5 Å². The zero-order valence-corrected chi connectivity index (χ0v) is 7.71. The molecule has 1 unspecified atom stereocenters. The Morgan fingerprint density at radius 3 is 2.92 bits per heavy atom. The van der Waals surface area contributed by atoms with E-state index in [1.807, 2.05) is 0 Å². The summed E-state index contributed by atoms with van der Waals surface area (Å²) in [5.74, 6) is 0.124. The van der Waals surface area contributed by atoms with E-state index in [4.69, 9.17) is 0 Å². The van der Waals surface area contributed by atoms with Crippen molar-refractivity contribution in [3.05, 3.63) is 0 Å². The van der Waals surface area contributed by atoms with Crippen LogP contribution in [0.2, 0.25) is 0 Å². The van der Waals surface area contributed by atoms with Crippen molar-refractivity contribution in [2.75, 3.05) is 33.7 Å². The number of carbonyl (C=O) groups is 1. The number of nitrogens with zero attached hydrogens (tertiary/aromatic N) is 2. The Balaban J connectivity index is 2.43. The van der Waals surface area contributed by atoms with Crippen LogP contribution in [0.4, 0.5) is 0 Å². The smallest absolute Gasteiger partial charge is 0.240 e. The third kappa shape index (κ3) is 2.46. The topological polar surface area (TPSA) is 46.4 Å². The molecule has 1 N–H and O–H groups in total. The second kappa shape index (κ2) is 4.42. The number of nitrogens with one attached hydrogen (secondary N) is 1. The SMILES string of the molecule is CN(C)C(=O)C1CCNCC[N]1. The summed E-state index contributed by atoms with van der Waals surface area (Å²) >= 11 is 0. The van der Waals surface area contributed by atoms with E-state index in [-0.39, 0.29) is 11.9 Å². The average molecular weight is 170 g/mol. The highest BCUT2D eigenvalue weighted by Gasteiger charge is 2.21. The van der Waals surface area contributed by atoms with Crippen molar-refractivity contribution in [1.29, 1.82) is 0 Å². The standard InChI is InChI=1S/C8H16N3O/c1-11(2)8(12)7-3-4-9-5-6-10-7/h7,9H,3-6H2,1-2H3. The molecule has 1 aliphatic rings. The van der Waals surface area contributed by atoms with Gasteiger partial charge in [0.1, 0.15) is 6.04 Å². The number of hydrogen-bond donors (Lipinski definition) is 1. The minimum absolute atomic E-state index is 0.116. The lowest BCUT2D eigenvalue weighted by Gasteiger charge is -2.17. The molecule has 4 nitrogen and oxygen atoms in total. The summed E-state index contributed by atoms with van der Waals surface area (Å²) in [7, 11) is 3.55. The van der Waals surface area contributed by atoms with Crippen molar-refractivity contribution < 1.29 is 4.79 Å². The lowest BCUT2D eigenvalue weighted by Crippen LogP contribution is -2.40. The van der Waals surface area contributed by atoms with Crippen LogP contribution in [-0.2, 0) is 4.79 Å². The largest absolute Gasteiger partial charge is 0.347 e. The van der Waals surface area contributed by atoms with Crippen molar-refractivity contribution >= 4 is 5.91 Å². The Morgan fingerprint density at radius 1 is 1.50 bits per heavy atom. The van der Waals surface area contributed by atoms with Gasteiger partial charge in [0.15, 0.2) is 0 Å². The van der Waals surface area contributed by atoms with E-state index >= 15 is 0 Å². The second-order valence-electron chi connectivity index (χ2n) is 3.19. The molecule has 0 aromatic carbocycles. The molecule has 1 atom stereocenters. The minimum Gasteiger partial charge on any atom is -0.347 e. The van der Waals surface area contributed by atoms with Gasteiger partial charge in [0, 0.05) is 27.2 Å². The summed E-state index contributed by atoms with van der Waals surface area (Å²) in [6, 6.07) is -0.116. The van der Waals surface area contributed by atoms with Crippen molar-refractivity contribution in [2.45, 2.75) is 12.5 Å². The van der Waals surface area contributed by atoms with Gasteiger partial charge >= 0.3 is 0 Å². The highest BCUT2D eigenvalue weighted by Crippen LogP contribution is 1.99. The second-order valence-corrected chi connectivity index (χ2v) is 3.19. The fraction of sp³-hybridized carbons (Fsp3) is 0.875. The summed E-state index contributed by atoms with van der Waals surface area (Å²) in [5, 5.41) is 7.50. The van der Waals surface area contributed by atoms with E-state index in [1.165, 1.54) is 0 Å². The third-order valence-corrected chi connectivity index (χ3v) is 1.96. The molecule has 1 amide bonds. The molecule has 0 aliphatic carbocycles. The normalized spacial score (nSPS) is 24.7. The fourth-order valence-corrected chi connectivity index (χ4v) is 1.25. The first-order valence-corrected chi connectivity index (χ1v) is 4.30. The van der Waals surface area contributed by atoms with Gasteiger partial charge in [-0.25, -0.2) is 5.32 Å². The number of hydrogen-bond acceptors (Lipinski definition) is 2. The number of likely N-dealkylation sites (N-methyl/N-ethyl adjacent to an activating group) is 1. The van der Waals surface area contributed by atoms with Crippen LogP contribution in [0, 0.1) is 0 Å². The van der Waals surface area contributed by atoms with Gasteiger partial charge in [-0.15, -0.1) is 0 Å². The summed E-state index contributed by atoms with van der Waals surface area (Å²) in [6.07, 6.45) is 0.830. The van der Waals surface area contributed by atoms with Gasteiger partial charge in [-0.2, -0.15) is 0 Å². The van der Waals surface area contributed by atoms with Crippen LogP contribution in [0.25, 0.3) is 0 Å². The first-order valence-electron chi connectivity index (χ1n) is 4.30. The number of amides is 1. The van der Waals surface area contributed by atoms with E-state index in [1.54, 1.807) is 19.0 Å². The van der Waals surface area contributed by atoms with Crippen LogP contribution < -0.4 is 10.6 Å². The molecule has 1 fully saturated rings. The van der Waals surface area contributed by atoms with Gasteiger partial charge in [-0.1, -0.05) is 0 Å². The first-order chi connectivity index (χ1) is 5.72. The van der Waals surface area contributed by atoms with Gasteiger partial charge < -0.3 is 10.2 Å². The molecule has 69 valence electrons. The van der Waals surface area contributed by atoms with Gasteiger partial charge in [0.25, 0.3) is 0 Å². The van der Waals surface area contributed by atoms with Crippen LogP contribution in [0.5, 0.6) is 0 Å². The van der Waals surface area contributed by atoms with Crippen LogP contribution >= 0.6 is 0 Å². The summed E-state index contributed by atoms with van der Waals surface area (Å²) in [5.41, 5.74) is 0. The average Bonchev–Trinajstić information content (AvgIpc) is 2.30. The Bertz CT molecular complexity index is 150. The van der Waals surface area contributed by atoms with Crippen molar-refractivity contribution in [3.8, 4) is 0 Å². The first kappa shape index (κ1) is 9.48. The van der Waals surface area contributed by atoms with Crippen molar-refractivity contribution in [2.24, 2.45) is 0 Å². The van der Waals surface area contributed by atoms with E-state index < -0.39 is 0 Å². The fourth-order valence-electron chi connectivity index (χ4n) is 1.25. The molecule has 0 aromatic rings. The highest BCUT2D eigenvalue weighted by molar-refractivity contribution is 5.81. The Labute approximate surface area is 73.3 Å². The maximum Gasteiger partial charge on any atom is 0.240 e. The summed E-state index contributed by atoms with van der Waals surface area (Å²) < 4.78 is 0. The minimum atomic E-state index is -0.116. The molecular formula is C8H16N3O. The Morgan fingerprint density at radius 2 is 2.25 bits per heavy atom. The van der Waals surface area contributed by atoms with E-state index in [0.29, 0.717) is 0 Å². The quantitative estimate of drug-likeness (QED) is 0.551. The molecule has 1 rings (SSSR count). The van der Waals surface area contributed by atoms with E-state index in [0.717, 1.165) is 26.1 Å². The lowest BCUT2D eigenvalue weighted by molar-refractivity contribution is -0.131. The highest BCUT2D eigenvalue weighted by atomic mass is 16.2. The zero-order chi connectivity index (χ0) is 8.97. The molecule has 1 heterocycles. The maximum absolute atomic E-state index is 11.5. The molecule has 0 bridgehead atoms. The lowest BCUT2D eigenvalue weighted by atomic mass is 10.2. The molecule has 1 saturated heterocycles. The molecule has 12 heavy (non-hydrogen) atoms. The van der Waals surface area contributed by atoms with Crippen LogP contribution in [0.3, 0.4) is 0 Å². The molecule has 1 aliphatic heterocycles. The monoisotopic (exact) mass is 170 g/mol. The van der Waals surface area contributed by atoms with Gasteiger partial charge in [-0.3, -0.25) is 4.79 Å². The molecule has 0 spiro atoms. The van der Waals surface area contributed by atoms with Crippen molar-refractivity contribution in [3.63, 3.8) is 0 Å². The van der Waals surface area contributed by atoms with Gasteiger partial charge in [0.2, 0.25) is 5.91 Å². The van der Waals surface area contributed by atoms with Gasteiger partial charge in [0.05, 0.1) is 0 Å². The number of rotatable bonds is 1. The predicted molar refractivity (Wildman–Crippen MR) is 47.0 cm³/mol. The zero-order valence-electron chi connectivity index (χ0n) is 7.71. The van der Waals surface area contributed by atoms with Crippen LogP contribution in [-0.4, -0.2) is 50.6 Å². The molecular weight excluding hydrogens is 154 g/mol. The molecule has 4 heteroatoms. The predicted octanol–water partition coefficient (Wildman–Crippen LogP) is -0.959. The van der Waals surface area contributed by atoms with Crippen LogP contribution in [0.1, 0.15) is 6.42 Å². The Kier molecular flexibility index (Phi) is 3.49. The Hall–Kier alpha value is -0.610. The van der Waals surface area contributed by atoms with Gasteiger partial charge in [-0.05, 0) is 13.0 Å². The number of carbonyl (C=O) groups excluding carboxylic acids is 1. The molecule has 0 aromatic heterocycles. The summed E-state index contributed by atoms with van der Waals surface area (Å²) in [4.78, 5) is 13.1. The van der Waals surface area contributed by atoms with Crippen LogP contribution in [0.15, 0.2) is 0 Å². The maximum atomic E-state index is 11.5. The van der Waals surface area contributed by atoms with E-state index in [9.17, 15) is 4.79 Å². The molecule has 0 saturated carbocycles. The summed E-state index contributed by atoms with van der Waals surface area (Å²) in [6.45, 7) is 2.55.